The lowest BCUT2D eigenvalue weighted by atomic mass is 9.78. The van der Waals surface area contributed by atoms with Gasteiger partial charge < -0.3 is 5.11 Å². The predicted molar refractivity (Wildman–Crippen MR) is 60.6 cm³/mol. The molecule has 16 heavy (non-hydrogen) atoms. The number of carboxylic acid groups (broad SMARTS) is 1. The molecular weight excluding hydrogens is 230 g/mol. The third-order valence-corrected chi connectivity index (χ3v) is 4.41. The zero-order chi connectivity index (χ0) is 12.4. The highest BCUT2D eigenvalue weighted by Crippen LogP contribution is 2.32. The minimum Gasteiger partial charge on any atom is -0.480 e. The van der Waals surface area contributed by atoms with Crippen LogP contribution >= 0.6 is 0 Å². The summed E-state index contributed by atoms with van der Waals surface area (Å²) in [7, 11) is -3.47. The van der Waals surface area contributed by atoms with Crippen LogP contribution in [0.25, 0.3) is 0 Å². The fourth-order valence-electron chi connectivity index (χ4n) is 1.63. The van der Waals surface area contributed by atoms with Crippen molar-refractivity contribution >= 4 is 16.0 Å². The van der Waals surface area contributed by atoms with Gasteiger partial charge in [-0.1, -0.05) is 13.8 Å². The highest BCUT2D eigenvalue weighted by atomic mass is 32.2. The molecule has 6 heteroatoms. The van der Waals surface area contributed by atoms with Gasteiger partial charge in [0.2, 0.25) is 10.0 Å². The standard InChI is InChI=1S/C10H19NO4S/c1-8(2)4-7-16(14,15)11-10(9(12)13)5-3-6-10/h8,11H,3-7H2,1-2H3,(H,12,13). The Morgan fingerprint density at radius 3 is 2.31 bits per heavy atom. The molecule has 1 aliphatic rings. The van der Waals surface area contributed by atoms with Gasteiger partial charge in [-0.2, -0.15) is 4.72 Å². The van der Waals surface area contributed by atoms with Gasteiger partial charge >= 0.3 is 5.97 Å². The van der Waals surface area contributed by atoms with E-state index in [0.29, 0.717) is 25.2 Å². The summed E-state index contributed by atoms with van der Waals surface area (Å²) in [5.41, 5.74) is -1.23. The molecule has 0 unspecified atom stereocenters. The normalized spacial score (nSPS) is 19.4. The van der Waals surface area contributed by atoms with E-state index in [2.05, 4.69) is 4.72 Å². The fourth-order valence-corrected chi connectivity index (χ4v) is 3.40. The van der Waals surface area contributed by atoms with Gasteiger partial charge in [-0.3, -0.25) is 4.79 Å². The molecule has 0 aliphatic heterocycles. The number of aliphatic carboxylic acids is 1. The van der Waals surface area contributed by atoms with Gasteiger partial charge in [0.05, 0.1) is 5.75 Å². The first-order chi connectivity index (χ1) is 7.27. The Morgan fingerprint density at radius 2 is 2.00 bits per heavy atom. The first-order valence-corrected chi connectivity index (χ1v) is 7.18. The molecule has 0 spiro atoms. The molecule has 2 N–H and O–H groups in total. The third-order valence-electron chi connectivity index (χ3n) is 2.93. The Balaban J connectivity index is 2.61. The van der Waals surface area contributed by atoms with Crippen LogP contribution < -0.4 is 4.72 Å². The zero-order valence-electron chi connectivity index (χ0n) is 9.69. The Morgan fingerprint density at radius 1 is 1.44 bits per heavy atom. The molecule has 0 aromatic carbocycles. The van der Waals surface area contributed by atoms with E-state index in [0.717, 1.165) is 6.42 Å². The molecule has 0 aromatic heterocycles. The van der Waals surface area contributed by atoms with Crippen molar-refractivity contribution in [1.82, 2.24) is 4.72 Å². The minimum absolute atomic E-state index is 0.000301. The molecule has 0 bridgehead atoms. The van der Waals surface area contributed by atoms with Crippen LogP contribution in [0.1, 0.15) is 39.5 Å². The summed E-state index contributed by atoms with van der Waals surface area (Å²) in [5, 5.41) is 9.00. The van der Waals surface area contributed by atoms with Gasteiger partial charge in [-0.15, -0.1) is 0 Å². The minimum atomic E-state index is -3.47. The first-order valence-electron chi connectivity index (χ1n) is 5.52. The Kier molecular flexibility index (Phi) is 3.96. The second-order valence-electron chi connectivity index (χ2n) is 4.84. The SMILES string of the molecule is CC(C)CCS(=O)(=O)NC1(C(=O)O)CCC1. The molecule has 1 aliphatic carbocycles. The number of hydrogen-bond donors (Lipinski definition) is 2. The van der Waals surface area contributed by atoms with Gasteiger partial charge in [0.15, 0.2) is 0 Å². The molecular formula is C10H19NO4S. The lowest BCUT2D eigenvalue weighted by Gasteiger charge is -2.37. The summed E-state index contributed by atoms with van der Waals surface area (Å²) in [6.45, 7) is 3.87. The monoisotopic (exact) mass is 249 g/mol. The number of carbonyl (C=O) groups is 1. The molecule has 0 aromatic rings. The third kappa shape index (κ3) is 3.18. The molecule has 0 atom stereocenters. The number of rotatable bonds is 6. The maximum Gasteiger partial charge on any atom is 0.324 e. The molecule has 1 fully saturated rings. The van der Waals surface area contributed by atoms with Crippen molar-refractivity contribution in [3.05, 3.63) is 0 Å². The summed E-state index contributed by atoms with van der Waals surface area (Å²) >= 11 is 0. The second kappa shape index (κ2) is 4.71. The van der Waals surface area contributed by atoms with Crippen molar-refractivity contribution in [1.29, 1.82) is 0 Å². The Labute approximate surface area is 96.3 Å². The second-order valence-corrected chi connectivity index (χ2v) is 6.69. The molecule has 5 nitrogen and oxygen atoms in total. The number of sulfonamides is 1. The van der Waals surface area contributed by atoms with Crippen molar-refractivity contribution in [3.8, 4) is 0 Å². The molecule has 1 rings (SSSR count). The van der Waals surface area contributed by atoms with Crippen LogP contribution in [0.3, 0.4) is 0 Å². The first kappa shape index (κ1) is 13.4. The summed E-state index contributed by atoms with van der Waals surface area (Å²) in [4.78, 5) is 11.0. The Bertz CT molecular complexity index is 357. The van der Waals surface area contributed by atoms with Gasteiger partial charge in [0, 0.05) is 0 Å². The summed E-state index contributed by atoms with van der Waals surface area (Å²) in [6.07, 6.45) is 2.09. The van der Waals surface area contributed by atoms with Crippen LogP contribution in [0.15, 0.2) is 0 Å². The van der Waals surface area contributed by atoms with E-state index in [1.165, 1.54) is 0 Å². The van der Waals surface area contributed by atoms with Crippen molar-refractivity contribution < 1.29 is 18.3 Å². The van der Waals surface area contributed by atoms with E-state index in [1.54, 1.807) is 0 Å². The van der Waals surface area contributed by atoms with Gasteiger partial charge in [0.1, 0.15) is 5.54 Å². The maximum atomic E-state index is 11.7. The van der Waals surface area contributed by atoms with Crippen molar-refractivity contribution in [3.63, 3.8) is 0 Å². The van der Waals surface area contributed by atoms with Crippen molar-refractivity contribution in [2.75, 3.05) is 5.75 Å². The van der Waals surface area contributed by atoms with Gasteiger partial charge in [-0.25, -0.2) is 8.42 Å². The smallest absolute Gasteiger partial charge is 0.324 e. The van der Waals surface area contributed by atoms with E-state index in [9.17, 15) is 13.2 Å². The highest BCUT2D eigenvalue weighted by Gasteiger charge is 2.47. The molecule has 94 valence electrons. The van der Waals surface area contributed by atoms with Gasteiger partial charge in [-0.05, 0) is 31.6 Å². The lowest BCUT2D eigenvalue weighted by molar-refractivity contribution is -0.147. The summed E-state index contributed by atoms with van der Waals surface area (Å²) in [6, 6.07) is 0. The largest absolute Gasteiger partial charge is 0.480 e. The fraction of sp³-hybridized carbons (Fsp3) is 0.900. The topological polar surface area (TPSA) is 83.5 Å². The van der Waals surface area contributed by atoms with Crippen molar-refractivity contribution in [2.24, 2.45) is 5.92 Å². The zero-order valence-corrected chi connectivity index (χ0v) is 10.5. The molecule has 1 saturated carbocycles. The number of carboxylic acids is 1. The highest BCUT2D eigenvalue weighted by molar-refractivity contribution is 7.89. The van der Waals surface area contributed by atoms with Crippen molar-refractivity contribution in [2.45, 2.75) is 45.1 Å². The maximum absolute atomic E-state index is 11.7. The van der Waals surface area contributed by atoms with Gasteiger partial charge in [0.25, 0.3) is 0 Å². The predicted octanol–water partition coefficient (Wildman–Crippen LogP) is 0.959. The van der Waals surface area contributed by atoms with Crippen LogP contribution in [-0.2, 0) is 14.8 Å². The average molecular weight is 249 g/mol. The molecule has 0 saturated heterocycles. The van der Waals surface area contributed by atoms with Crippen LogP contribution in [-0.4, -0.2) is 30.8 Å². The number of hydrogen-bond acceptors (Lipinski definition) is 3. The molecule has 0 heterocycles. The number of nitrogens with one attached hydrogen (secondary N) is 1. The lowest BCUT2D eigenvalue weighted by Crippen LogP contribution is -2.59. The van der Waals surface area contributed by atoms with E-state index in [-0.39, 0.29) is 5.75 Å². The van der Waals surface area contributed by atoms with E-state index in [4.69, 9.17) is 5.11 Å². The Hall–Kier alpha value is -0.620. The average Bonchev–Trinajstić information content (AvgIpc) is 2.08. The molecule has 0 radical (unpaired) electrons. The van der Waals surface area contributed by atoms with Crippen LogP contribution in [0, 0.1) is 5.92 Å². The van der Waals surface area contributed by atoms with Crippen LogP contribution in [0.5, 0.6) is 0 Å². The van der Waals surface area contributed by atoms with Crippen LogP contribution in [0.2, 0.25) is 0 Å². The quantitative estimate of drug-likeness (QED) is 0.734. The molecule has 0 amide bonds. The van der Waals surface area contributed by atoms with E-state index in [1.807, 2.05) is 13.8 Å². The van der Waals surface area contributed by atoms with Crippen LogP contribution in [0.4, 0.5) is 0 Å². The van der Waals surface area contributed by atoms with E-state index < -0.39 is 21.5 Å². The summed E-state index contributed by atoms with van der Waals surface area (Å²) < 4.78 is 25.7. The summed E-state index contributed by atoms with van der Waals surface area (Å²) in [5.74, 6) is -0.773. The van der Waals surface area contributed by atoms with E-state index >= 15 is 0 Å².